The molecule has 1 atom stereocenters. The van der Waals surface area contributed by atoms with Crippen molar-refractivity contribution in [1.82, 2.24) is 9.88 Å². The van der Waals surface area contributed by atoms with Gasteiger partial charge in [-0.25, -0.2) is 4.98 Å². The van der Waals surface area contributed by atoms with Gasteiger partial charge < -0.3 is 15.0 Å². The minimum Gasteiger partial charge on any atom is -0.491 e. The van der Waals surface area contributed by atoms with Crippen LogP contribution in [-0.4, -0.2) is 40.9 Å². The maximum absolute atomic E-state index is 13.1. The largest absolute Gasteiger partial charge is 0.491 e. The highest BCUT2D eigenvalue weighted by atomic mass is 32.1. The highest BCUT2D eigenvalue weighted by Gasteiger charge is 2.30. The number of thiazole rings is 1. The maximum atomic E-state index is 13.1. The number of nitrogens with one attached hydrogen (secondary N) is 1. The van der Waals surface area contributed by atoms with Crippen LogP contribution in [0.25, 0.3) is 10.6 Å². The summed E-state index contributed by atoms with van der Waals surface area (Å²) >= 11 is 1.44. The Labute approximate surface area is 192 Å². The van der Waals surface area contributed by atoms with E-state index in [9.17, 15) is 9.59 Å². The summed E-state index contributed by atoms with van der Waals surface area (Å²) in [5.74, 6) is 0.421. The molecule has 1 unspecified atom stereocenters. The summed E-state index contributed by atoms with van der Waals surface area (Å²) in [5, 5.41) is 5.54. The topological polar surface area (TPSA) is 71.5 Å². The Morgan fingerprint density at radius 1 is 1.12 bits per heavy atom. The third kappa shape index (κ3) is 5.34. The molecule has 7 heteroatoms. The summed E-state index contributed by atoms with van der Waals surface area (Å²) in [6.45, 7) is 5.03. The molecule has 166 valence electrons. The van der Waals surface area contributed by atoms with Gasteiger partial charge in [0.2, 0.25) is 5.91 Å². The number of ether oxygens (including phenoxy) is 1. The molecular formula is C25H27N3O3S. The van der Waals surface area contributed by atoms with Gasteiger partial charge in [0, 0.05) is 29.7 Å². The van der Waals surface area contributed by atoms with Crippen LogP contribution in [0.2, 0.25) is 0 Å². The standard InChI is InChI=1S/C25H27N3O3S/c1-17(2)31-21-12-10-18(11-13-21)24-27-22(16-32-24)25(30)28-14-6-7-19(15-28)23(29)26-20-8-4-3-5-9-20/h3-5,8-13,16-17,19H,6-7,14-15H2,1-2H3,(H,26,29). The molecule has 0 radical (unpaired) electrons. The number of carbonyl (C=O) groups excluding carboxylic acids is 2. The van der Waals surface area contributed by atoms with Crippen LogP contribution < -0.4 is 10.1 Å². The van der Waals surface area contributed by atoms with Gasteiger partial charge >= 0.3 is 0 Å². The lowest BCUT2D eigenvalue weighted by Crippen LogP contribution is -2.43. The molecule has 3 aromatic rings. The van der Waals surface area contributed by atoms with Crippen molar-refractivity contribution in [1.29, 1.82) is 0 Å². The third-order valence-corrected chi connectivity index (χ3v) is 6.21. The highest BCUT2D eigenvalue weighted by molar-refractivity contribution is 7.13. The minimum atomic E-state index is -0.223. The molecule has 1 aliphatic heterocycles. The average Bonchev–Trinajstić information content (AvgIpc) is 3.30. The number of amides is 2. The van der Waals surface area contributed by atoms with Crippen LogP contribution in [0.1, 0.15) is 37.2 Å². The van der Waals surface area contributed by atoms with Crippen molar-refractivity contribution < 1.29 is 14.3 Å². The smallest absolute Gasteiger partial charge is 0.273 e. The van der Waals surface area contributed by atoms with E-state index in [-0.39, 0.29) is 23.8 Å². The number of piperidine rings is 1. The lowest BCUT2D eigenvalue weighted by molar-refractivity contribution is -0.121. The molecule has 1 aromatic heterocycles. The second-order valence-electron chi connectivity index (χ2n) is 8.17. The van der Waals surface area contributed by atoms with Crippen LogP contribution in [-0.2, 0) is 4.79 Å². The van der Waals surface area contributed by atoms with Crippen molar-refractivity contribution >= 4 is 28.8 Å². The van der Waals surface area contributed by atoms with Crippen LogP contribution in [0.5, 0.6) is 5.75 Å². The molecule has 4 rings (SSSR count). The molecule has 0 spiro atoms. The van der Waals surface area contributed by atoms with Gasteiger partial charge in [-0.3, -0.25) is 9.59 Å². The first-order valence-electron chi connectivity index (χ1n) is 10.9. The summed E-state index contributed by atoms with van der Waals surface area (Å²) < 4.78 is 5.68. The molecule has 2 amide bonds. The zero-order chi connectivity index (χ0) is 22.5. The first kappa shape index (κ1) is 22.0. The molecule has 1 fully saturated rings. The Morgan fingerprint density at radius 2 is 1.88 bits per heavy atom. The van der Waals surface area contributed by atoms with Crippen molar-refractivity contribution in [3.8, 4) is 16.3 Å². The van der Waals surface area contributed by atoms with Gasteiger partial charge in [0.25, 0.3) is 5.91 Å². The zero-order valence-corrected chi connectivity index (χ0v) is 19.1. The predicted octanol–water partition coefficient (Wildman–Crippen LogP) is 5.09. The van der Waals surface area contributed by atoms with Crippen molar-refractivity contribution in [3.63, 3.8) is 0 Å². The van der Waals surface area contributed by atoms with Gasteiger partial charge in [0.15, 0.2) is 0 Å². The van der Waals surface area contributed by atoms with Gasteiger partial charge in [-0.1, -0.05) is 18.2 Å². The Bertz CT molecular complexity index is 1060. The lowest BCUT2D eigenvalue weighted by Gasteiger charge is -2.31. The Hall–Kier alpha value is -3.19. The van der Waals surface area contributed by atoms with Gasteiger partial charge in [-0.05, 0) is 63.1 Å². The van der Waals surface area contributed by atoms with E-state index < -0.39 is 0 Å². The van der Waals surface area contributed by atoms with Crippen LogP contribution >= 0.6 is 11.3 Å². The van der Waals surface area contributed by atoms with Crippen LogP contribution in [0.3, 0.4) is 0 Å². The molecule has 1 saturated heterocycles. The second kappa shape index (κ2) is 9.96. The summed E-state index contributed by atoms with van der Waals surface area (Å²) in [5.41, 5.74) is 2.15. The average molecular weight is 450 g/mol. The fourth-order valence-electron chi connectivity index (χ4n) is 3.76. The van der Waals surface area contributed by atoms with E-state index >= 15 is 0 Å². The number of hydrogen-bond acceptors (Lipinski definition) is 5. The van der Waals surface area contributed by atoms with Gasteiger partial charge in [-0.15, -0.1) is 11.3 Å². The third-order valence-electron chi connectivity index (χ3n) is 5.32. The van der Waals surface area contributed by atoms with Crippen LogP contribution in [0.15, 0.2) is 60.0 Å². The zero-order valence-electron chi connectivity index (χ0n) is 18.3. The molecule has 6 nitrogen and oxygen atoms in total. The number of aromatic nitrogens is 1. The first-order chi connectivity index (χ1) is 15.5. The predicted molar refractivity (Wildman–Crippen MR) is 127 cm³/mol. The Kier molecular flexibility index (Phi) is 6.85. The van der Waals surface area contributed by atoms with E-state index in [4.69, 9.17) is 4.74 Å². The number of hydrogen-bond donors (Lipinski definition) is 1. The number of rotatable bonds is 6. The SMILES string of the molecule is CC(C)Oc1ccc(-c2nc(C(=O)N3CCCC(C(=O)Nc4ccccc4)C3)cs2)cc1. The van der Waals surface area contributed by atoms with E-state index in [1.807, 2.05) is 68.4 Å². The monoisotopic (exact) mass is 449 g/mol. The van der Waals surface area contributed by atoms with E-state index in [0.29, 0.717) is 18.8 Å². The number of anilines is 1. The summed E-state index contributed by atoms with van der Waals surface area (Å²) in [7, 11) is 0. The van der Waals surface area contributed by atoms with E-state index in [1.165, 1.54) is 11.3 Å². The van der Waals surface area contributed by atoms with Crippen molar-refractivity contribution in [2.75, 3.05) is 18.4 Å². The summed E-state index contributed by atoms with van der Waals surface area (Å²) in [6.07, 6.45) is 1.69. The molecule has 2 heterocycles. The van der Waals surface area contributed by atoms with Crippen LogP contribution in [0, 0.1) is 5.92 Å². The maximum Gasteiger partial charge on any atom is 0.273 e. The molecule has 2 aromatic carbocycles. The minimum absolute atomic E-state index is 0.0450. The molecule has 0 aliphatic carbocycles. The van der Waals surface area contributed by atoms with Gasteiger partial charge in [0.05, 0.1) is 12.0 Å². The van der Waals surface area contributed by atoms with Gasteiger partial charge in [0.1, 0.15) is 16.5 Å². The number of nitrogens with zero attached hydrogens (tertiary/aromatic N) is 2. The second-order valence-corrected chi connectivity index (χ2v) is 9.03. The summed E-state index contributed by atoms with van der Waals surface area (Å²) in [6, 6.07) is 17.1. The van der Waals surface area contributed by atoms with Crippen molar-refractivity contribution in [2.24, 2.45) is 5.92 Å². The van der Waals surface area contributed by atoms with E-state index in [0.717, 1.165) is 34.8 Å². The number of para-hydroxylation sites is 1. The molecular weight excluding hydrogens is 422 g/mol. The lowest BCUT2D eigenvalue weighted by atomic mass is 9.96. The van der Waals surface area contributed by atoms with E-state index in [2.05, 4.69) is 10.3 Å². The molecule has 0 saturated carbocycles. The molecule has 32 heavy (non-hydrogen) atoms. The molecule has 1 aliphatic rings. The number of likely N-dealkylation sites (tertiary alicyclic amines) is 1. The highest BCUT2D eigenvalue weighted by Crippen LogP contribution is 2.27. The fraction of sp³-hybridized carbons (Fsp3) is 0.320. The Morgan fingerprint density at radius 3 is 2.59 bits per heavy atom. The normalized spacial score (nSPS) is 16.1. The number of benzene rings is 2. The fourth-order valence-corrected chi connectivity index (χ4v) is 4.56. The molecule has 0 bridgehead atoms. The first-order valence-corrected chi connectivity index (χ1v) is 11.8. The van der Waals surface area contributed by atoms with Gasteiger partial charge in [-0.2, -0.15) is 0 Å². The molecule has 1 N–H and O–H groups in total. The summed E-state index contributed by atoms with van der Waals surface area (Å²) in [4.78, 5) is 32.1. The quantitative estimate of drug-likeness (QED) is 0.569. The number of carbonyl (C=O) groups is 2. The Balaban J connectivity index is 1.40. The van der Waals surface area contributed by atoms with Crippen LogP contribution in [0.4, 0.5) is 5.69 Å². The van der Waals surface area contributed by atoms with Crippen molar-refractivity contribution in [3.05, 3.63) is 65.7 Å². The van der Waals surface area contributed by atoms with E-state index in [1.54, 1.807) is 10.3 Å². The van der Waals surface area contributed by atoms with Crippen molar-refractivity contribution in [2.45, 2.75) is 32.8 Å².